The number of aromatic carboxylic acids is 1. The summed E-state index contributed by atoms with van der Waals surface area (Å²) in [7, 11) is 1.50. The highest BCUT2D eigenvalue weighted by Crippen LogP contribution is 2.31. The van der Waals surface area contributed by atoms with Gasteiger partial charge in [-0.2, -0.15) is 0 Å². The van der Waals surface area contributed by atoms with E-state index in [4.69, 9.17) is 4.74 Å². The lowest BCUT2D eigenvalue weighted by molar-refractivity contribution is 0.0692. The van der Waals surface area contributed by atoms with Gasteiger partial charge in [0.1, 0.15) is 11.3 Å². The van der Waals surface area contributed by atoms with E-state index >= 15 is 0 Å². The summed E-state index contributed by atoms with van der Waals surface area (Å²) in [5.74, 6) is 0.0975. The van der Waals surface area contributed by atoms with E-state index in [0.29, 0.717) is 11.5 Å². The molecule has 0 aromatic heterocycles. The maximum absolute atomic E-state index is 11.5. The van der Waals surface area contributed by atoms with E-state index in [1.807, 2.05) is 49.4 Å². The van der Waals surface area contributed by atoms with Gasteiger partial charge in [0.05, 0.1) is 7.11 Å². The highest BCUT2D eigenvalue weighted by molar-refractivity contribution is 7.98. The van der Waals surface area contributed by atoms with Gasteiger partial charge in [-0.25, -0.2) is 4.79 Å². The van der Waals surface area contributed by atoms with Gasteiger partial charge in [-0.3, -0.25) is 0 Å². The van der Waals surface area contributed by atoms with Crippen LogP contribution in [0.2, 0.25) is 0 Å². The van der Waals surface area contributed by atoms with Crippen molar-refractivity contribution in [1.82, 2.24) is 0 Å². The smallest absolute Gasteiger partial charge is 0.339 e. The number of hydrogen-bond donors (Lipinski definition) is 1. The van der Waals surface area contributed by atoms with Gasteiger partial charge in [-0.15, -0.1) is 11.8 Å². The summed E-state index contributed by atoms with van der Waals surface area (Å²) in [4.78, 5) is 12.6. The van der Waals surface area contributed by atoms with Crippen LogP contribution in [0.15, 0.2) is 47.4 Å². The number of ether oxygens (including phenoxy) is 1. The number of thioether (sulfide) groups is 1. The maximum Gasteiger partial charge on any atom is 0.339 e. The third-order valence-electron chi connectivity index (χ3n) is 3.00. The Hall–Kier alpha value is -1.94. The first-order valence-electron chi connectivity index (χ1n) is 6.21. The fourth-order valence-corrected chi connectivity index (χ4v) is 2.94. The molecule has 0 heterocycles. The lowest BCUT2D eigenvalue weighted by atomic mass is 10.0. The number of methoxy groups -OCH3 is 1. The van der Waals surface area contributed by atoms with Crippen molar-refractivity contribution >= 4 is 17.7 Å². The molecule has 0 aliphatic carbocycles. The predicted octanol–water partition coefficient (Wildman–Crippen LogP) is 3.99. The highest BCUT2D eigenvalue weighted by atomic mass is 32.2. The number of aryl methyl sites for hydroxylation is 1. The average Bonchev–Trinajstić information content (AvgIpc) is 2.46. The molecule has 4 heteroatoms. The Morgan fingerprint density at radius 1 is 1.20 bits per heavy atom. The zero-order valence-corrected chi connectivity index (χ0v) is 12.2. The van der Waals surface area contributed by atoms with Crippen LogP contribution in [0.25, 0.3) is 0 Å². The van der Waals surface area contributed by atoms with Gasteiger partial charge in [0.2, 0.25) is 0 Å². The minimum atomic E-state index is -0.950. The quantitative estimate of drug-likeness (QED) is 0.845. The summed E-state index contributed by atoms with van der Waals surface area (Å²) in [6, 6.07) is 13.7. The lowest BCUT2D eigenvalue weighted by Crippen LogP contribution is -2.06. The molecule has 0 spiro atoms. The Bertz CT molecular complexity index is 609. The number of benzene rings is 2. The molecule has 0 unspecified atom stereocenters. The van der Waals surface area contributed by atoms with Crippen LogP contribution in [0.3, 0.4) is 0 Å². The predicted molar refractivity (Wildman–Crippen MR) is 80.7 cm³/mol. The van der Waals surface area contributed by atoms with Crippen molar-refractivity contribution < 1.29 is 14.6 Å². The van der Waals surface area contributed by atoms with E-state index in [-0.39, 0.29) is 5.56 Å². The molecule has 0 fully saturated rings. The molecule has 0 amide bonds. The third kappa shape index (κ3) is 3.14. The van der Waals surface area contributed by atoms with Gasteiger partial charge in [0.25, 0.3) is 0 Å². The first-order chi connectivity index (χ1) is 9.63. The highest BCUT2D eigenvalue weighted by Gasteiger charge is 2.18. The summed E-state index contributed by atoms with van der Waals surface area (Å²) in [5, 5.41) is 9.41. The van der Waals surface area contributed by atoms with Gasteiger partial charge in [-0.05, 0) is 30.2 Å². The van der Waals surface area contributed by atoms with Crippen LogP contribution in [0.4, 0.5) is 0 Å². The molecule has 1 N–H and O–H groups in total. The first-order valence-corrected chi connectivity index (χ1v) is 7.19. The second kappa shape index (κ2) is 6.48. The molecule has 0 aliphatic heterocycles. The van der Waals surface area contributed by atoms with E-state index < -0.39 is 5.97 Å². The van der Waals surface area contributed by atoms with E-state index in [9.17, 15) is 9.90 Å². The Morgan fingerprint density at radius 3 is 2.50 bits per heavy atom. The topological polar surface area (TPSA) is 46.5 Å². The summed E-state index contributed by atoms with van der Waals surface area (Å²) in [6.45, 7) is 1.85. The van der Waals surface area contributed by atoms with Gasteiger partial charge in [0, 0.05) is 10.6 Å². The Morgan fingerprint density at radius 2 is 1.90 bits per heavy atom. The number of carboxylic acids is 1. The zero-order valence-electron chi connectivity index (χ0n) is 11.4. The standard InChI is InChI=1S/C16H16O3S/c1-11-8-9-12(14(16(17)18)15(11)19-2)10-20-13-6-4-3-5-7-13/h3-9H,10H2,1-2H3,(H,17,18). The SMILES string of the molecule is COc1c(C)ccc(CSc2ccccc2)c1C(=O)O. The minimum absolute atomic E-state index is 0.260. The Kier molecular flexibility index (Phi) is 4.69. The average molecular weight is 288 g/mol. The van der Waals surface area contributed by atoms with Gasteiger partial charge in [0.15, 0.2) is 0 Å². The molecule has 0 bridgehead atoms. The van der Waals surface area contributed by atoms with Gasteiger partial charge < -0.3 is 9.84 Å². The summed E-state index contributed by atoms with van der Waals surface area (Å²) >= 11 is 1.61. The minimum Gasteiger partial charge on any atom is -0.496 e. The largest absolute Gasteiger partial charge is 0.496 e. The fourth-order valence-electron chi connectivity index (χ4n) is 2.02. The molecule has 2 aromatic carbocycles. The molecule has 2 aromatic rings. The van der Waals surface area contributed by atoms with E-state index in [0.717, 1.165) is 16.0 Å². The molecule has 2 rings (SSSR count). The Balaban J connectivity index is 2.30. The molecule has 104 valence electrons. The molecule has 0 saturated carbocycles. The van der Waals surface area contributed by atoms with E-state index in [2.05, 4.69) is 0 Å². The lowest BCUT2D eigenvalue weighted by Gasteiger charge is -2.13. The molecule has 0 atom stereocenters. The molecule has 0 aliphatic rings. The molecule has 0 saturated heterocycles. The first kappa shape index (κ1) is 14.5. The molecular formula is C16H16O3S. The van der Waals surface area contributed by atoms with Crippen molar-refractivity contribution in [2.24, 2.45) is 0 Å². The van der Waals surface area contributed by atoms with Crippen LogP contribution in [0.1, 0.15) is 21.5 Å². The van der Waals surface area contributed by atoms with Gasteiger partial charge >= 0.3 is 5.97 Å². The Labute approximate surface area is 122 Å². The van der Waals surface area contributed by atoms with Crippen molar-refractivity contribution in [2.45, 2.75) is 17.6 Å². The summed E-state index contributed by atoms with van der Waals surface area (Å²) < 4.78 is 5.24. The van der Waals surface area contributed by atoms with Crippen LogP contribution in [-0.2, 0) is 5.75 Å². The number of carboxylic acid groups (broad SMARTS) is 1. The van der Waals surface area contributed by atoms with Gasteiger partial charge in [-0.1, -0.05) is 30.3 Å². The van der Waals surface area contributed by atoms with Crippen LogP contribution >= 0.6 is 11.8 Å². The number of rotatable bonds is 5. The number of hydrogen-bond acceptors (Lipinski definition) is 3. The molecule has 0 radical (unpaired) electrons. The van der Waals surface area contributed by atoms with Crippen molar-refractivity contribution in [2.75, 3.05) is 7.11 Å². The van der Waals surface area contributed by atoms with Crippen molar-refractivity contribution in [3.8, 4) is 5.75 Å². The van der Waals surface area contributed by atoms with Crippen molar-refractivity contribution in [3.63, 3.8) is 0 Å². The normalized spacial score (nSPS) is 10.3. The van der Waals surface area contributed by atoms with E-state index in [1.54, 1.807) is 11.8 Å². The third-order valence-corrected chi connectivity index (χ3v) is 4.06. The van der Waals surface area contributed by atoms with Crippen molar-refractivity contribution in [1.29, 1.82) is 0 Å². The second-order valence-corrected chi connectivity index (χ2v) is 5.41. The van der Waals surface area contributed by atoms with Crippen LogP contribution in [0.5, 0.6) is 5.75 Å². The van der Waals surface area contributed by atoms with Crippen LogP contribution in [-0.4, -0.2) is 18.2 Å². The summed E-state index contributed by atoms with van der Waals surface area (Å²) in [5.41, 5.74) is 1.86. The molecular weight excluding hydrogens is 272 g/mol. The fraction of sp³-hybridized carbons (Fsp3) is 0.188. The maximum atomic E-state index is 11.5. The zero-order chi connectivity index (χ0) is 14.5. The van der Waals surface area contributed by atoms with Crippen LogP contribution < -0.4 is 4.74 Å². The molecule has 20 heavy (non-hydrogen) atoms. The second-order valence-electron chi connectivity index (χ2n) is 4.36. The van der Waals surface area contributed by atoms with Crippen molar-refractivity contribution in [3.05, 3.63) is 59.2 Å². The monoisotopic (exact) mass is 288 g/mol. The molecule has 3 nitrogen and oxygen atoms in total. The van der Waals surface area contributed by atoms with Crippen LogP contribution in [0, 0.1) is 6.92 Å². The number of carbonyl (C=O) groups is 1. The summed E-state index contributed by atoms with van der Waals surface area (Å²) in [6.07, 6.45) is 0. The van der Waals surface area contributed by atoms with E-state index in [1.165, 1.54) is 7.11 Å².